The second-order valence-electron chi connectivity index (χ2n) is 4.53. The number of aromatic nitrogens is 3. The van der Waals surface area contributed by atoms with Crippen molar-refractivity contribution in [1.82, 2.24) is 19.7 Å². The largest absolute Gasteiger partial charge is 0.381 e. The van der Waals surface area contributed by atoms with Gasteiger partial charge in [0, 0.05) is 26.8 Å². The van der Waals surface area contributed by atoms with Gasteiger partial charge in [0.1, 0.15) is 0 Å². The molecule has 0 aromatic carbocycles. The molecule has 1 N–H and O–H groups in total. The molecule has 0 fully saturated rings. The zero-order valence-corrected chi connectivity index (χ0v) is 13.7. The molecule has 0 saturated carbocycles. The second-order valence-corrected chi connectivity index (χ2v) is 6.96. The molecule has 0 aliphatic carbocycles. The molecule has 0 atom stereocenters. The lowest BCUT2D eigenvalue weighted by molar-refractivity contribution is 0.108. The zero-order valence-electron chi connectivity index (χ0n) is 11.3. The van der Waals surface area contributed by atoms with Gasteiger partial charge in [0.2, 0.25) is 5.03 Å². The Morgan fingerprint density at radius 3 is 2.68 bits per heavy atom. The third-order valence-corrected chi connectivity index (χ3v) is 4.55. The van der Waals surface area contributed by atoms with Gasteiger partial charge in [-0.3, -0.25) is 0 Å². The fraction of sp³-hybridized carbons (Fsp3) is 0.800. The Kier molecular flexibility index (Phi) is 6.37. The Labute approximate surface area is 121 Å². The Balaban J connectivity index is 2.40. The molecule has 0 radical (unpaired) electrons. The van der Waals surface area contributed by atoms with E-state index in [1.807, 2.05) is 0 Å². The quantitative estimate of drug-likeness (QED) is 0.701. The molecule has 7 nitrogen and oxygen atoms in total. The van der Waals surface area contributed by atoms with Crippen LogP contribution in [0.4, 0.5) is 0 Å². The van der Waals surface area contributed by atoms with Gasteiger partial charge in [-0.15, -0.1) is 5.10 Å². The van der Waals surface area contributed by atoms with Crippen LogP contribution in [0.25, 0.3) is 0 Å². The molecule has 0 bridgehead atoms. The van der Waals surface area contributed by atoms with Gasteiger partial charge in [0.25, 0.3) is 10.0 Å². The van der Waals surface area contributed by atoms with Gasteiger partial charge in [0.15, 0.2) is 4.60 Å². The Morgan fingerprint density at radius 1 is 1.47 bits per heavy atom. The summed E-state index contributed by atoms with van der Waals surface area (Å²) in [6, 6.07) is 0. The molecule has 0 amide bonds. The second kappa shape index (κ2) is 7.32. The molecule has 9 heteroatoms. The van der Waals surface area contributed by atoms with Crippen LogP contribution in [0.3, 0.4) is 0 Å². The van der Waals surface area contributed by atoms with Crippen LogP contribution in [-0.4, -0.2) is 43.2 Å². The third kappa shape index (κ3) is 5.17. The maximum atomic E-state index is 12.0. The van der Waals surface area contributed by atoms with Crippen molar-refractivity contribution in [2.24, 2.45) is 13.0 Å². The van der Waals surface area contributed by atoms with E-state index in [0.29, 0.717) is 32.1 Å². The molecule has 0 saturated heterocycles. The lowest BCUT2D eigenvalue weighted by Gasteiger charge is -2.08. The summed E-state index contributed by atoms with van der Waals surface area (Å²) in [5.41, 5.74) is 0. The van der Waals surface area contributed by atoms with Crippen molar-refractivity contribution in [3.8, 4) is 0 Å². The fourth-order valence-corrected chi connectivity index (χ4v) is 3.54. The standard InChI is InChI=1S/C10H19BrN4O3S/c1-8(2)7-18-6-4-5-12-19(16,17)10-9(11)13-14-15(10)3/h8,12H,4-7H2,1-3H3. The first kappa shape index (κ1) is 16.5. The molecular weight excluding hydrogens is 336 g/mol. The molecule has 0 aliphatic heterocycles. The summed E-state index contributed by atoms with van der Waals surface area (Å²) >= 11 is 3.06. The highest BCUT2D eigenvalue weighted by Gasteiger charge is 2.23. The minimum atomic E-state index is -3.60. The smallest absolute Gasteiger partial charge is 0.260 e. The summed E-state index contributed by atoms with van der Waals surface area (Å²) in [4.78, 5) is 0. The van der Waals surface area contributed by atoms with Gasteiger partial charge in [-0.05, 0) is 28.3 Å². The summed E-state index contributed by atoms with van der Waals surface area (Å²) in [5.74, 6) is 0.480. The van der Waals surface area contributed by atoms with Crippen LogP contribution in [0, 0.1) is 5.92 Å². The Bertz CT molecular complexity index is 481. The summed E-state index contributed by atoms with van der Waals surface area (Å²) in [7, 11) is -2.07. The van der Waals surface area contributed by atoms with E-state index in [4.69, 9.17) is 4.74 Å². The number of nitrogens with one attached hydrogen (secondary N) is 1. The van der Waals surface area contributed by atoms with E-state index in [2.05, 4.69) is 44.8 Å². The van der Waals surface area contributed by atoms with Crippen LogP contribution in [-0.2, 0) is 21.8 Å². The lowest BCUT2D eigenvalue weighted by Crippen LogP contribution is -2.27. The summed E-state index contributed by atoms with van der Waals surface area (Å²) in [5, 5.41) is 7.30. The molecule has 19 heavy (non-hydrogen) atoms. The van der Waals surface area contributed by atoms with Crippen LogP contribution in [0.5, 0.6) is 0 Å². The van der Waals surface area contributed by atoms with Gasteiger partial charge in [-0.25, -0.2) is 17.8 Å². The first-order valence-corrected chi connectivity index (χ1v) is 8.25. The van der Waals surface area contributed by atoms with Crippen molar-refractivity contribution in [3.63, 3.8) is 0 Å². The molecule has 0 aliphatic rings. The number of hydrogen-bond acceptors (Lipinski definition) is 5. The molecule has 110 valence electrons. The van der Waals surface area contributed by atoms with Crippen LogP contribution >= 0.6 is 15.9 Å². The average molecular weight is 355 g/mol. The molecular formula is C10H19BrN4O3S. The fourth-order valence-electron chi connectivity index (χ4n) is 1.38. The molecule has 1 rings (SSSR count). The van der Waals surface area contributed by atoms with E-state index < -0.39 is 10.0 Å². The van der Waals surface area contributed by atoms with E-state index >= 15 is 0 Å². The zero-order chi connectivity index (χ0) is 14.5. The maximum Gasteiger partial charge on any atom is 0.260 e. The number of nitrogens with zero attached hydrogens (tertiary/aromatic N) is 3. The molecule has 0 unspecified atom stereocenters. The monoisotopic (exact) mass is 354 g/mol. The van der Waals surface area contributed by atoms with Crippen LogP contribution in [0.2, 0.25) is 0 Å². The predicted molar refractivity (Wildman–Crippen MR) is 74.2 cm³/mol. The van der Waals surface area contributed by atoms with Crippen molar-refractivity contribution in [2.45, 2.75) is 25.3 Å². The van der Waals surface area contributed by atoms with Crippen molar-refractivity contribution >= 4 is 26.0 Å². The average Bonchev–Trinajstić information content (AvgIpc) is 2.63. The molecule has 1 heterocycles. The van der Waals surface area contributed by atoms with E-state index in [9.17, 15) is 8.42 Å². The SMILES string of the molecule is CC(C)COCCCNS(=O)(=O)c1c(Br)nnn1C. The van der Waals surface area contributed by atoms with Crippen molar-refractivity contribution in [2.75, 3.05) is 19.8 Å². The Hall–Kier alpha value is -0.510. The maximum absolute atomic E-state index is 12.0. The third-order valence-electron chi connectivity index (χ3n) is 2.20. The molecule has 0 spiro atoms. The lowest BCUT2D eigenvalue weighted by atomic mass is 10.2. The van der Waals surface area contributed by atoms with Crippen molar-refractivity contribution in [1.29, 1.82) is 0 Å². The van der Waals surface area contributed by atoms with E-state index in [1.54, 1.807) is 0 Å². The van der Waals surface area contributed by atoms with Gasteiger partial charge < -0.3 is 4.74 Å². The predicted octanol–water partition coefficient (Wildman–Crippen LogP) is 0.919. The van der Waals surface area contributed by atoms with Gasteiger partial charge in [-0.1, -0.05) is 19.1 Å². The van der Waals surface area contributed by atoms with E-state index in [1.165, 1.54) is 11.7 Å². The van der Waals surface area contributed by atoms with Crippen LogP contribution in [0.1, 0.15) is 20.3 Å². The number of hydrogen-bond donors (Lipinski definition) is 1. The first-order valence-electron chi connectivity index (χ1n) is 5.97. The van der Waals surface area contributed by atoms with Crippen LogP contribution < -0.4 is 4.72 Å². The summed E-state index contributed by atoms with van der Waals surface area (Å²) in [6.07, 6.45) is 0.620. The number of sulfonamides is 1. The van der Waals surface area contributed by atoms with Gasteiger partial charge in [-0.2, -0.15) is 0 Å². The van der Waals surface area contributed by atoms with Crippen LogP contribution in [0.15, 0.2) is 9.63 Å². The van der Waals surface area contributed by atoms with Crippen molar-refractivity contribution < 1.29 is 13.2 Å². The first-order chi connectivity index (χ1) is 8.84. The van der Waals surface area contributed by atoms with Gasteiger partial charge in [0.05, 0.1) is 0 Å². The molecule has 1 aromatic heterocycles. The summed E-state index contributed by atoms with van der Waals surface area (Å²) < 4.78 is 33.3. The highest BCUT2D eigenvalue weighted by molar-refractivity contribution is 9.10. The van der Waals surface area contributed by atoms with E-state index in [-0.39, 0.29) is 9.63 Å². The number of aryl methyl sites for hydroxylation is 1. The summed E-state index contributed by atoms with van der Waals surface area (Å²) in [6.45, 7) is 5.67. The number of halogens is 1. The minimum absolute atomic E-state index is 0.0237. The number of ether oxygens (including phenoxy) is 1. The minimum Gasteiger partial charge on any atom is -0.381 e. The van der Waals surface area contributed by atoms with Gasteiger partial charge >= 0.3 is 0 Å². The van der Waals surface area contributed by atoms with E-state index in [0.717, 1.165) is 0 Å². The molecule has 1 aromatic rings. The highest BCUT2D eigenvalue weighted by atomic mass is 79.9. The Morgan fingerprint density at radius 2 is 2.16 bits per heavy atom. The normalized spacial score (nSPS) is 12.3. The number of rotatable bonds is 8. The van der Waals surface area contributed by atoms with Crippen molar-refractivity contribution in [3.05, 3.63) is 4.60 Å². The highest BCUT2D eigenvalue weighted by Crippen LogP contribution is 2.17. The topological polar surface area (TPSA) is 86.1 Å².